The van der Waals surface area contributed by atoms with Gasteiger partial charge in [0.2, 0.25) is 0 Å². The molecule has 2 saturated heterocycles. The highest BCUT2D eigenvalue weighted by molar-refractivity contribution is 4.93. The molecule has 3 rings (SSSR count). The summed E-state index contributed by atoms with van der Waals surface area (Å²) in [6, 6.07) is 0. The van der Waals surface area contributed by atoms with E-state index >= 15 is 0 Å². The number of nitrogens with zero attached hydrogens (tertiary/aromatic N) is 1. The van der Waals surface area contributed by atoms with E-state index in [0.717, 1.165) is 11.3 Å². The Morgan fingerprint density at radius 3 is 2.69 bits per heavy atom. The summed E-state index contributed by atoms with van der Waals surface area (Å²) in [6.07, 6.45) is 10.4. The van der Waals surface area contributed by atoms with E-state index in [1.54, 1.807) is 0 Å². The summed E-state index contributed by atoms with van der Waals surface area (Å²) in [6.45, 7) is 6.68. The van der Waals surface area contributed by atoms with Crippen LogP contribution in [-0.2, 0) is 0 Å². The molecule has 2 nitrogen and oxygen atoms in total. The average Bonchev–Trinajstić information content (AvgIpc) is 2.29. The molecule has 1 spiro atoms. The second kappa shape index (κ2) is 4.66. The third-order valence-corrected chi connectivity index (χ3v) is 5.07. The number of rotatable bonds is 2. The van der Waals surface area contributed by atoms with Crippen LogP contribution in [0.5, 0.6) is 0 Å². The van der Waals surface area contributed by atoms with Crippen LogP contribution in [0.4, 0.5) is 0 Å². The van der Waals surface area contributed by atoms with Gasteiger partial charge in [-0.15, -0.1) is 0 Å². The van der Waals surface area contributed by atoms with Gasteiger partial charge in [-0.1, -0.05) is 6.42 Å². The third kappa shape index (κ3) is 2.28. The summed E-state index contributed by atoms with van der Waals surface area (Å²) >= 11 is 0. The van der Waals surface area contributed by atoms with Gasteiger partial charge >= 0.3 is 0 Å². The number of hydrogen-bond acceptors (Lipinski definition) is 2. The van der Waals surface area contributed by atoms with Crippen molar-refractivity contribution in [2.24, 2.45) is 11.3 Å². The molecule has 0 aromatic heterocycles. The molecule has 3 aliphatic rings. The minimum Gasteiger partial charge on any atom is -0.316 e. The predicted octanol–water partition coefficient (Wildman–Crippen LogP) is 2.25. The highest BCUT2D eigenvalue weighted by Crippen LogP contribution is 2.47. The number of likely N-dealkylation sites (tertiary alicyclic amines) is 1. The maximum Gasteiger partial charge on any atom is 0.00381 e. The van der Waals surface area contributed by atoms with Gasteiger partial charge in [0.25, 0.3) is 0 Å². The first-order chi connectivity index (χ1) is 7.86. The van der Waals surface area contributed by atoms with Crippen LogP contribution < -0.4 is 5.32 Å². The van der Waals surface area contributed by atoms with Gasteiger partial charge in [-0.05, 0) is 69.5 Å². The van der Waals surface area contributed by atoms with Crippen LogP contribution in [-0.4, -0.2) is 37.6 Å². The highest BCUT2D eigenvalue weighted by Gasteiger charge is 2.40. The summed E-state index contributed by atoms with van der Waals surface area (Å²) in [7, 11) is 0. The van der Waals surface area contributed by atoms with E-state index in [1.165, 1.54) is 77.7 Å². The first-order valence-corrected chi connectivity index (χ1v) is 7.29. The fraction of sp³-hybridized carbons (Fsp3) is 1.00. The molecule has 1 saturated carbocycles. The largest absolute Gasteiger partial charge is 0.316 e. The molecule has 2 heterocycles. The van der Waals surface area contributed by atoms with E-state index in [9.17, 15) is 0 Å². The van der Waals surface area contributed by atoms with E-state index in [0.29, 0.717) is 0 Å². The summed E-state index contributed by atoms with van der Waals surface area (Å²) in [5.74, 6) is 0.934. The van der Waals surface area contributed by atoms with Crippen molar-refractivity contribution in [3.05, 3.63) is 0 Å². The molecule has 16 heavy (non-hydrogen) atoms. The molecular weight excluding hydrogens is 196 g/mol. The van der Waals surface area contributed by atoms with Gasteiger partial charge in [-0.25, -0.2) is 0 Å². The molecule has 3 fully saturated rings. The molecule has 0 aromatic rings. The summed E-state index contributed by atoms with van der Waals surface area (Å²) in [5.41, 5.74) is 0.778. The Bertz CT molecular complexity index is 229. The quantitative estimate of drug-likeness (QED) is 0.771. The Morgan fingerprint density at radius 2 is 2.00 bits per heavy atom. The standard InChI is InChI=1S/C14H26N2/c1-4-13(10-15-8-1)11-16-9-3-7-14(12-16)5-2-6-14/h13,15H,1-12H2. The van der Waals surface area contributed by atoms with Crippen molar-refractivity contribution in [3.8, 4) is 0 Å². The molecular formula is C14H26N2. The number of hydrogen-bond donors (Lipinski definition) is 1. The fourth-order valence-electron chi connectivity index (χ4n) is 4.00. The minimum atomic E-state index is 0.778. The smallest absolute Gasteiger partial charge is 0.00381 e. The zero-order valence-electron chi connectivity index (χ0n) is 10.5. The Hall–Kier alpha value is -0.0800. The normalized spacial score (nSPS) is 34.9. The number of piperidine rings is 2. The molecule has 92 valence electrons. The molecule has 1 N–H and O–H groups in total. The lowest BCUT2D eigenvalue weighted by Crippen LogP contribution is -2.49. The maximum atomic E-state index is 3.55. The molecule has 0 aromatic carbocycles. The lowest BCUT2D eigenvalue weighted by atomic mass is 9.64. The molecule has 1 unspecified atom stereocenters. The van der Waals surface area contributed by atoms with E-state index < -0.39 is 0 Å². The maximum absolute atomic E-state index is 3.55. The van der Waals surface area contributed by atoms with E-state index in [2.05, 4.69) is 10.2 Å². The lowest BCUT2D eigenvalue weighted by molar-refractivity contribution is 0.0119. The van der Waals surface area contributed by atoms with Gasteiger partial charge in [-0.3, -0.25) is 0 Å². The van der Waals surface area contributed by atoms with Crippen molar-refractivity contribution in [2.75, 3.05) is 32.7 Å². The Labute approximate surface area is 99.8 Å². The molecule has 0 bridgehead atoms. The molecule has 1 aliphatic carbocycles. The van der Waals surface area contributed by atoms with Crippen molar-refractivity contribution in [3.63, 3.8) is 0 Å². The molecule has 0 amide bonds. The van der Waals surface area contributed by atoms with Crippen molar-refractivity contribution in [1.29, 1.82) is 0 Å². The monoisotopic (exact) mass is 222 g/mol. The van der Waals surface area contributed by atoms with Crippen LogP contribution in [0.3, 0.4) is 0 Å². The third-order valence-electron chi connectivity index (χ3n) is 5.07. The zero-order chi connectivity index (χ0) is 10.8. The van der Waals surface area contributed by atoms with Crippen molar-refractivity contribution < 1.29 is 0 Å². The van der Waals surface area contributed by atoms with Crippen molar-refractivity contribution >= 4 is 0 Å². The highest BCUT2D eigenvalue weighted by atomic mass is 15.1. The van der Waals surface area contributed by atoms with E-state index in [4.69, 9.17) is 0 Å². The van der Waals surface area contributed by atoms with Gasteiger partial charge in [0.15, 0.2) is 0 Å². The zero-order valence-corrected chi connectivity index (χ0v) is 10.5. The van der Waals surface area contributed by atoms with Crippen molar-refractivity contribution in [2.45, 2.75) is 44.9 Å². The Balaban J connectivity index is 1.50. The second-order valence-electron chi connectivity index (χ2n) is 6.40. The van der Waals surface area contributed by atoms with Crippen LogP contribution in [0.15, 0.2) is 0 Å². The minimum absolute atomic E-state index is 0.778. The molecule has 2 aliphatic heterocycles. The van der Waals surface area contributed by atoms with Crippen LogP contribution in [0.25, 0.3) is 0 Å². The Morgan fingerprint density at radius 1 is 1.12 bits per heavy atom. The van der Waals surface area contributed by atoms with Gasteiger partial charge in [0.1, 0.15) is 0 Å². The number of nitrogens with one attached hydrogen (secondary N) is 1. The van der Waals surface area contributed by atoms with Gasteiger partial charge in [0.05, 0.1) is 0 Å². The lowest BCUT2D eigenvalue weighted by Gasteiger charge is -2.49. The first-order valence-electron chi connectivity index (χ1n) is 7.29. The summed E-state index contributed by atoms with van der Waals surface area (Å²) < 4.78 is 0. The van der Waals surface area contributed by atoms with E-state index in [1.807, 2.05) is 0 Å². The van der Waals surface area contributed by atoms with Crippen LogP contribution in [0, 0.1) is 11.3 Å². The summed E-state index contributed by atoms with van der Waals surface area (Å²) in [5, 5.41) is 3.55. The molecule has 1 atom stereocenters. The van der Waals surface area contributed by atoms with Crippen LogP contribution in [0.1, 0.15) is 44.9 Å². The van der Waals surface area contributed by atoms with Gasteiger partial charge in [-0.2, -0.15) is 0 Å². The van der Waals surface area contributed by atoms with Crippen molar-refractivity contribution in [1.82, 2.24) is 10.2 Å². The molecule has 0 radical (unpaired) electrons. The van der Waals surface area contributed by atoms with Gasteiger partial charge in [0, 0.05) is 13.1 Å². The SMILES string of the molecule is C1CNCC(CN2CCCC3(CCC3)C2)C1. The van der Waals surface area contributed by atoms with Crippen LogP contribution >= 0.6 is 0 Å². The second-order valence-corrected chi connectivity index (χ2v) is 6.40. The van der Waals surface area contributed by atoms with Gasteiger partial charge < -0.3 is 10.2 Å². The van der Waals surface area contributed by atoms with Crippen LogP contribution in [0.2, 0.25) is 0 Å². The first kappa shape index (κ1) is 11.0. The average molecular weight is 222 g/mol. The topological polar surface area (TPSA) is 15.3 Å². The fourth-order valence-corrected chi connectivity index (χ4v) is 4.00. The Kier molecular flexibility index (Phi) is 3.21. The predicted molar refractivity (Wildman–Crippen MR) is 67.6 cm³/mol. The molecule has 2 heteroatoms. The van der Waals surface area contributed by atoms with E-state index in [-0.39, 0.29) is 0 Å². The summed E-state index contributed by atoms with van der Waals surface area (Å²) in [4.78, 5) is 2.78.